The lowest BCUT2D eigenvalue weighted by Gasteiger charge is -2.19. The summed E-state index contributed by atoms with van der Waals surface area (Å²) < 4.78 is 7.07. The van der Waals surface area contributed by atoms with Crippen LogP contribution in [0, 0.1) is 13.8 Å². The molecule has 2 amide bonds. The summed E-state index contributed by atoms with van der Waals surface area (Å²) in [6.45, 7) is 4.10. The van der Waals surface area contributed by atoms with Crippen LogP contribution in [0.25, 0.3) is 5.69 Å². The summed E-state index contributed by atoms with van der Waals surface area (Å²) >= 11 is 0. The number of carbonyl (C=O) groups is 3. The van der Waals surface area contributed by atoms with Crippen molar-refractivity contribution in [3.8, 4) is 11.4 Å². The van der Waals surface area contributed by atoms with E-state index in [2.05, 4.69) is 10.4 Å². The van der Waals surface area contributed by atoms with Crippen molar-refractivity contribution in [2.75, 3.05) is 23.9 Å². The number of hydrogen-bond donors (Lipinski definition) is 1. The lowest BCUT2D eigenvalue weighted by atomic mass is 10.1. The molecule has 32 heavy (non-hydrogen) atoms. The molecule has 3 aromatic rings. The SMILES string of the molecule is COc1cc(NC(=O)C(=O)c2c(C)nn(-c3ccccc3)c2C)ccc1N1CCCC1=O. The van der Waals surface area contributed by atoms with Crippen molar-refractivity contribution in [2.45, 2.75) is 26.7 Å². The minimum Gasteiger partial charge on any atom is -0.494 e. The molecule has 1 saturated heterocycles. The fraction of sp³-hybridized carbons (Fsp3) is 0.250. The van der Waals surface area contributed by atoms with E-state index in [0.29, 0.717) is 41.5 Å². The summed E-state index contributed by atoms with van der Waals surface area (Å²) in [6, 6.07) is 14.4. The number of amides is 2. The van der Waals surface area contributed by atoms with Gasteiger partial charge in [-0.15, -0.1) is 0 Å². The van der Waals surface area contributed by atoms with Gasteiger partial charge in [-0.25, -0.2) is 4.68 Å². The van der Waals surface area contributed by atoms with Crippen LogP contribution in [0.3, 0.4) is 0 Å². The molecule has 0 saturated carbocycles. The van der Waals surface area contributed by atoms with Crippen molar-refractivity contribution in [1.82, 2.24) is 9.78 Å². The number of benzene rings is 2. The Morgan fingerprint density at radius 3 is 2.50 bits per heavy atom. The lowest BCUT2D eigenvalue weighted by molar-refractivity contribution is -0.117. The van der Waals surface area contributed by atoms with Crippen LogP contribution in [-0.4, -0.2) is 41.0 Å². The number of anilines is 2. The number of ketones is 1. The average molecular weight is 432 g/mol. The van der Waals surface area contributed by atoms with Gasteiger partial charge < -0.3 is 15.0 Å². The highest BCUT2D eigenvalue weighted by molar-refractivity contribution is 6.47. The molecular formula is C24H24N4O4. The molecule has 1 aliphatic heterocycles. The number of aromatic nitrogens is 2. The topological polar surface area (TPSA) is 93.5 Å². The Kier molecular flexibility index (Phi) is 5.77. The molecule has 2 aromatic carbocycles. The predicted octanol–water partition coefficient (Wildman–Crippen LogP) is 3.45. The number of carbonyl (C=O) groups excluding carboxylic acids is 3. The zero-order valence-corrected chi connectivity index (χ0v) is 18.2. The maximum absolute atomic E-state index is 13.0. The van der Waals surface area contributed by atoms with Crippen LogP contribution in [0.4, 0.5) is 11.4 Å². The zero-order chi connectivity index (χ0) is 22.8. The molecule has 1 aliphatic rings. The molecule has 4 rings (SSSR count). The average Bonchev–Trinajstić information content (AvgIpc) is 3.35. The van der Waals surface area contributed by atoms with Gasteiger partial charge in [-0.05, 0) is 44.5 Å². The van der Waals surface area contributed by atoms with Crippen molar-refractivity contribution in [3.05, 3.63) is 65.5 Å². The van der Waals surface area contributed by atoms with E-state index >= 15 is 0 Å². The smallest absolute Gasteiger partial charge is 0.296 e. The van der Waals surface area contributed by atoms with E-state index < -0.39 is 11.7 Å². The highest BCUT2D eigenvalue weighted by Crippen LogP contribution is 2.34. The van der Waals surface area contributed by atoms with Crippen LogP contribution in [0.15, 0.2) is 48.5 Å². The fourth-order valence-electron chi connectivity index (χ4n) is 3.97. The number of rotatable bonds is 6. The molecule has 1 N–H and O–H groups in total. The molecule has 1 fully saturated rings. The molecular weight excluding hydrogens is 408 g/mol. The Morgan fingerprint density at radius 1 is 1.09 bits per heavy atom. The molecule has 8 heteroatoms. The number of methoxy groups -OCH3 is 1. The summed E-state index contributed by atoms with van der Waals surface area (Å²) in [5, 5.41) is 7.08. The van der Waals surface area contributed by atoms with Crippen LogP contribution in [0.5, 0.6) is 5.75 Å². The number of Topliss-reactive ketones (excluding diaryl/α,β-unsaturated/α-hetero) is 1. The van der Waals surface area contributed by atoms with Gasteiger partial charge in [0.1, 0.15) is 5.75 Å². The summed E-state index contributed by atoms with van der Waals surface area (Å²) in [7, 11) is 1.50. The number of para-hydroxylation sites is 1. The number of nitrogens with zero attached hydrogens (tertiary/aromatic N) is 3. The van der Waals surface area contributed by atoms with Crippen molar-refractivity contribution < 1.29 is 19.1 Å². The Labute approximate surface area is 185 Å². The van der Waals surface area contributed by atoms with Crippen LogP contribution in [0.2, 0.25) is 0 Å². The van der Waals surface area contributed by atoms with Gasteiger partial charge in [0.05, 0.1) is 35.4 Å². The number of hydrogen-bond acceptors (Lipinski definition) is 5. The first kappa shape index (κ1) is 21.3. The normalized spacial score (nSPS) is 13.3. The van der Waals surface area contributed by atoms with Gasteiger partial charge in [0.2, 0.25) is 5.91 Å². The highest BCUT2D eigenvalue weighted by Gasteiger charge is 2.27. The first-order valence-corrected chi connectivity index (χ1v) is 10.4. The van der Waals surface area contributed by atoms with Crippen molar-refractivity contribution in [2.24, 2.45) is 0 Å². The van der Waals surface area contributed by atoms with Gasteiger partial charge in [0.25, 0.3) is 11.7 Å². The predicted molar refractivity (Wildman–Crippen MR) is 121 cm³/mol. The van der Waals surface area contributed by atoms with E-state index in [1.807, 2.05) is 30.3 Å². The van der Waals surface area contributed by atoms with Gasteiger partial charge in [-0.1, -0.05) is 18.2 Å². The standard InChI is InChI=1S/C24H24N4O4/c1-15-22(16(2)28(26-15)18-8-5-4-6-9-18)23(30)24(31)25-17-11-12-19(20(14-17)32-3)27-13-7-10-21(27)29/h4-6,8-9,11-12,14H,7,10,13H2,1-3H3,(H,25,31). The van der Waals surface area contributed by atoms with Crippen molar-refractivity contribution in [1.29, 1.82) is 0 Å². The van der Waals surface area contributed by atoms with Crippen LogP contribution >= 0.6 is 0 Å². The zero-order valence-electron chi connectivity index (χ0n) is 18.2. The Hall–Kier alpha value is -3.94. The molecule has 8 nitrogen and oxygen atoms in total. The van der Waals surface area contributed by atoms with Crippen LogP contribution < -0.4 is 15.0 Å². The third kappa shape index (κ3) is 3.87. The first-order valence-electron chi connectivity index (χ1n) is 10.4. The molecule has 1 aromatic heterocycles. The molecule has 0 radical (unpaired) electrons. The van der Waals surface area contributed by atoms with E-state index in [-0.39, 0.29) is 11.5 Å². The fourth-order valence-corrected chi connectivity index (χ4v) is 3.97. The van der Waals surface area contributed by atoms with Crippen molar-refractivity contribution in [3.63, 3.8) is 0 Å². The first-order chi connectivity index (χ1) is 15.4. The molecule has 164 valence electrons. The third-order valence-corrected chi connectivity index (χ3v) is 5.53. The maximum atomic E-state index is 13.0. The van der Waals surface area contributed by atoms with Gasteiger partial charge in [0.15, 0.2) is 0 Å². The Morgan fingerprint density at radius 2 is 1.84 bits per heavy atom. The Balaban J connectivity index is 1.56. The number of ether oxygens (including phenoxy) is 1. The van der Waals surface area contributed by atoms with Gasteiger partial charge in [-0.2, -0.15) is 5.10 Å². The molecule has 0 bridgehead atoms. The molecule has 0 aliphatic carbocycles. The van der Waals surface area contributed by atoms with Crippen molar-refractivity contribution >= 4 is 29.0 Å². The van der Waals surface area contributed by atoms with E-state index in [0.717, 1.165) is 12.1 Å². The molecule has 0 atom stereocenters. The van der Waals surface area contributed by atoms with E-state index in [4.69, 9.17) is 4.74 Å². The second-order valence-electron chi connectivity index (χ2n) is 7.61. The highest BCUT2D eigenvalue weighted by atomic mass is 16.5. The second kappa shape index (κ2) is 8.66. The Bertz CT molecular complexity index is 1200. The summed E-state index contributed by atoms with van der Waals surface area (Å²) in [5.41, 5.74) is 3.21. The quantitative estimate of drug-likeness (QED) is 0.476. The van der Waals surface area contributed by atoms with Crippen LogP contribution in [0.1, 0.15) is 34.6 Å². The van der Waals surface area contributed by atoms with E-state index in [9.17, 15) is 14.4 Å². The summed E-state index contributed by atoms with van der Waals surface area (Å²) in [6.07, 6.45) is 1.30. The minimum atomic E-state index is -0.768. The monoisotopic (exact) mass is 432 g/mol. The van der Waals surface area contributed by atoms with Gasteiger partial charge in [0, 0.05) is 24.7 Å². The third-order valence-electron chi connectivity index (χ3n) is 5.53. The minimum absolute atomic E-state index is 0.0386. The van der Waals surface area contributed by atoms with E-state index in [1.54, 1.807) is 41.6 Å². The molecule has 0 unspecified atom stereocenters. The lowest BCUT2D eigenvalue weighted by Crippen LogP contribution is -2.25. The van der Waals surface area contributed by atoms with Crippen LogP contribution in [-0.2, 0) is 9.59 Å². The molecule has 2 heterocycles. The van der Waals surface area contributed by atoms with Gasteiger partial charge in [-0.3, -0.25) is 14.4 Å². The molecule has 0 spiro atoms. The maximum Gasteiger partial charge on any atom is 0.296 e. The largest absolute Gasteiger partial charge is 0.494 e. The number of nitrogens with one attached hydrogen (secondary N) is 1. The van der Waals surface area contributed by atoms with Gasteiger partial charge >= 0.3 is 0 Å². The second-order valence-corrected chi connectivity index (χ2v) is 7.61. The van der Waals surface area contributed by atoms with E-state index in [1.165, 1.54) is 7.11 Å². The number of aryl methyl sites for hydroxylation is 1. The summed E-state index contributed by atoms with van der Waals surface area (Å²) in [5.74, 6) is -0.942. The summed E-state index contributed by atoms with van der Waals surface area (Å²) in [4.78, 5) is 39.4.